The number of rotatable bonds is 6. The van der Waals surface area contributed by atoms with Gasteiger partial charge in [-0.3, -0.25) is 4.79 Å². The van der Waals surface area contributed by atoms with Crippen LogP contribution in [0, 0.1) is 11.8 Å². The van der Waals surface area contributed by atoms with E-state index in [1.807, 2.05) is 0 Å². The largest absolute Gasteiger partial charge is 0.382 e. The molecule has 20 heavy (non-hydrogen) atoms. The van der Waals surface area contributed by atoms with E-state index in [2.05, 4.69) is 40.2 Å². The molecule has 1 aromatic rings. The number of anilines is 1. The summed E-state index contributed by atoms with van der Waals surface area (Å²) in [6.07, 6.45) is 7.69. The van der Waals surface area contributed by atoms with E-state index in [0.29, 0.717) is 11.0 Å². The second-order valence-electron chi connectivity index (χ2n) is 5.92. The van der Waals surface area contributed by atoms with Gasteiger partial charge in [-0.05, 0) is 47.0 Å². The molecule has 4 nitrogen and oxygen atoms in total. The van der Waals surface area contributed by atoms with Crippen LogP contribution in [0.3, 0.4) is 0 Å². The smallest absolute Gasteiger partial charge is 0.283 e. The van der Waals surface area contributed by atoms with Crippen molar-refractivity contribution in [3.8, 4) is 0 Å². The molecule has 0 saturated heterocycles. The van der Waals surface area contributed by atoms with Gasteiger partial charge in [0.15, 0.2) is 0 Å². The van der Waals surface area contributed by atoms with Crippen molar-refractivity contribution in [1.29, 1.82) is 0 Å². The van der Waals surface area contributed by atoms with E-state index in [1.165, 1.54) is 23.9 Å². The Labute approximate surface area is 129 Å². The summed E-state index contributed by atoms with van der Waals surface area (Å²) in [5.41, 5.74) is 0.783. The summed E-state index contributed by atoms with van der Waals surface area (Å²) in [5.74, 6) is 1.56. The van der Waals surface area contributed by atoms with Gasteiger partial charge in [0.05, 0.1) is 11.9 Å². The normalized spacial score (nSPS) is 22.1. The van der Waals surface area contributed by atoms with Gasteiger partial charge in [0, 0.05) is 13.1 Å². The van der Waals surface area contributed by atoms with Crippen molar-refractivity contribution in [2.75, 3.05) is 11.9 Å². The molecule has 0 radical (unpaired) electrons. The molecule has 0 spiro atoms. The Kier molecular flexibility index (Phi) is 5.64. The summed E-state index contributed by atoms with van der Waals surface area (Å²) in [7, 11) is 0. The first kappa shape index (κ1) is 15.5. The van der Waals surface area contributed by atoms with Gasteiger partial charge in [-0.1, -0.05) is 26.7 Å². The standard InChI is InChI=1S/C15H24BrN3O/c1-3-4-7-19-15(20)14(16)13(10-18-19)17-9-12-6-5-11(2)8-12/h10-12,17H,3-9H2,1-2H3. The van der Waals surface area contributed by atoms with Crippen molar-refractivity contribution in [3.63, 3.8) is 0 Å². The predicted octanol–water partition coefficient (Wildman–Crippen LogP) is 3.65. The monoisotopic (exact) mass is 341 g/mol. The van der Waals surface area contributed by atoms with Crippen LogP contribution in [0.2, 0.25) is 0 Å². The molecule has 2 rings (SSSR count). The number of halogens is 1. The molecule has 0 bridgehead atoms. The van der Waals surface area contributed by atoms with Crippen LogP contribution in [0.5, 0.6) is 0 Å². The SMILES string of the molecule is CCCCn1ncc(NCC2CCC(C)C2)c(Br)c1=O. The van der Waals surface area contributed by atoms with E-state index >= 15 is 0 Å². The van der Waals surface area contributed by atoms with Crippen LogP contribution in [-0.4, -0.2) is 16.3 Å². The summed E-state index contributed by atoms with van der Waals surface area (Å²) in [6, 6.07) is 0. The van der Waals surface area contributed by atoms with Crippen LogP contribution in [0.1, 0.15) is 46.0 Å². The van der Waals surface area contributed by atoms with Gasteiger partial charge in [0.25, 0.3) is 5.56 Å². The first-order valence-corrected chi connectivity index (χ1v) is 8.40. The number of hydrogen-bond acceptors (Lipinski definition) is 3. The third kappa shape index (κ3) is 3.84. The molecule has 5 heteroatoms. The fourth-order valence-electron chi connectivity index (χ4n) is 2.82. The molecule has 1 heterocycles. The van der Waals surface area contributed by atoms with E-state index in [9.17, 15) is 4.79 Å². The molecule has 2 atom stereocenters. The zero-order valence-corrected chi connectivity index (χ0v) is 13.9. The third-order valence-corrected chi connectivity index (χ3v) is 4.86. The lowest BCUT2D eigenvalue weighted by atomic mass is 10.1. The van der Waals surface area contributed by atoms with E-state index in [-0.39, 0.29) is 5.56 Å². The predicted molar refractivity (Wildman–Crippen MR) is 86.1 cm³/mol. The fourth-order valence-corrected chi connectivity index (χ4v) is 3.27. The summed E-state index contributed by atoms with van der Waals surface area (Å²) in [4.78, 5) is 12.2. The molecule has 0 aliphatic heterocycles. The minimum atomic E-state index is -0.0387. The second kappa shape index (κ2) is 7.25. The van der Waals surface area contributed by atoms with Gasteiger partial charge < -0.3 is 5.32 Å². The number of nitrogens with zero attached hydrogens (tertiary/aromatic N) is 2. The number of aryl methyl sites for hydroxylation is 1. The molecule has 1 aliphatic rings. The average molecular weight is 342 g/mol. The maximum atomic E-state index is 12.2. The highest BCUT2D eigenvalue weighted by Crippen LogP contribution is 2.30. The maximum absolute atomic E-state index is 12.2. The van der Waals surface area contributed by atoms with Gasteiger partial charge >= 0.3 is 0 Å². The lowest BCUT2D eigenvalue weighted by Gasteiger charge is -2.14. The fraction of sp³-hybridized carbons (Fsp3) is 0.733. The van der Waals surface area contributed by atoms with Gasteiger partial charge in [0.2, 0.25) is 0 Å². The van der Waals surface area contributed by atoms with Crippen LogP contribution < -0.4 is 10.9 Å². The highest BCUT2D eigenvalue weighted by molar-refractivity contribution is 9.10. The third-order valence-electron chi connectivity index (χ3n) is 4.09. The van der Waals surface area contributed by atoms with E-state index in [4.69, 9.17) is 0 Å². The van der Waals surface area contributed by atoms with Gasteiger partial charge in [-0.25, -0.2) is 4.68 Å². The van der Waals surface area contributed by atoms with E-state index in [0.717, 1.165) is 36.9 Å². The van der Waals surface area contributed by atoms with Crippen molar-refractivity contribution in [3.05, 3.63) is 21.0 Å². The molecule has 1 N–H and O–H groups in total. The Morgan fingerprint density at radius 2 is 2.30 bits per heavy atom. The molecule has 112 valence electrons. The van der Waals surface area contributed by atoms with Crippen LogP contribution in [0.4, 0.5) is 5.69 Å². The Morgan fingerprint density at radius 3 is 2.95 bits per heavy atom. The lowest BCUT2D eigenvalue weighted by Crippen LogP contribution is -2.25. The first-order chi connectivity index (χ1) is 9.61. The minimum Gasteiger partial charge on any atom is -0.382 e. The van der Waals surface area contributed by atoms with Crippen LogP contribution in [0.25, 0.3) is 0 Å². The molecule has 1 fully saturated rings. The van der Waals surface area contributed by atoms with Crippen molar-refractivity contribution in [2.45, 2.75) is 52.5 Å². The Morgan fingerprint density at radius 1 is 1.50 bits per heavy atom. The highest BCUT2D eigenvalue weighted by atomic mass is 79.9. The summed E-state index contributed by atoms with van der Waals surface area (Å²) >= 11 is 3.41. The van der Waals surface area contributed by atoms with Crippen LogP contribution in [0.15, 0.2) is 15.5 Å². The first-order valence-electron chi connectivity index (χ1n) is 7.61. The zero-order chi connectivity index (χ0) is 14.5. The molecule has 0 amide bonds. The molecule has 2 unspecified atom stereocenters. The minimum absolute atomic E-state index is 0.0387. The Hall–Kier alpha value is -0.840. The number of nitrogens with one attached hydrogen (secondary N) is 1. The zero-order valence-electron chi connectivity index (χ0n) is 12.4. The van der Waals surface area contributed by atoms with Crippen molar-refractivity contribution >= 4 is 21.6 Å². The molecule has 0 aromatic carbocycles. The number of hydrogen-bond donors (Lipinski definition) is 1. The van der Waals surface area contributed by atoms with Gasteiger partial charge in [-0.2, -0.15) is 5.10 Å². The van der Waals surface area contributed by atoms with Crippen LogP contribution >= 0.6 is 15.9 Å². The number of unbranched alkanes of at least 4 members (excludes halogenated alkanes) is 1. The molecular formula is C15H24BrN3O. The molecule has 1 aliphatic carbocycles. The van der Waals surface area contributed by atoms with E-state index in [1.54, 1.807) is 6.20 Å². The molecule has 1 aromatic heterocycles. The van der Waals surface area contributed by atoms with Crippen molar-refractivity contribution in [2.24, 2.45) is 11.8 Å². The van der Waals surface area contributed by atoms with Crippen molar-refractivity contribution < 1.29 is 0 Å². The highest BCUT2D eigenvalue weighted by Gasteiger charge is 2.21. The van der Waals surface area contributed by atoms with Gasteiger partial charge in [-0.15, -0.1) is 0 Å². The van der Waals surface area contributed by atoms with Crippen LogP contribution in [-0.2, 0) is 6.54 Å². The van der Waals surface area contributed by atoms with Gasteiger partial charge in [0.1, 0.15) is 4.47 Å². The summed E-state index contributed by atoms with van der Waals surface area (Å²) in [5, 5.41) is 7.63. The number of aromatic nitrogens is 2. The summed E-state index contributed by atoms with van der Waals surface area (Å²) < 4.78 is 2.14. The second-order valence-corrected chi connectivity index (χ2v) is 6.71. The topological polar surface area (TPSA) is 46.9 Å². The average Bonchev–Trinajstić information content (AvgIpc) is 2.85. The lowest BCUT2D eigenvalue weighted by molar-refractivity contribution is 0.532. The Balaban J connectivity index is 1.98. The molecular weight excluding hydrogens is 318 g/mol. The quantitative estimate of drug-likeness (QED) is 0.858. The Bertz CT molecular complexity index is 500. The van der Waals surface area contributed by atoms with E-state index < -0.39 is 0 Å². The molecule has 1 saturated carbocycles. The summed E-state index contributed by atoms with van der Waals surface area (Å²) in [6.45, 7) is 6.04. The maximum Gasteiger partial charge on any atom is 0.283 e. The van der Waals surface area contributed by atoms with Crippen molar-refractivity contribution in [1.82, 2.24) is 9.78 Å².